The predicted molar refractivity (Wildman–Crippen MR) is 109 cm³/mol. The molecule has 1 amide bonds. The average Bonchev–Trinajstić information content (AvgIpc) is 3.01. The normalized spacial score (nSPS) is 10.9. The van der Waals surface area contributed by atoms with Gasteiger partial charge in [-0.2, -0.15) is 5.10 Å². The van der Waals surface area contributed by atoms with Crippen LogP contribution in [0.5, 0.6) is 0 Å². The smallest absolute Gasteiger partial charge is 0.229 e. The van der Waals surface area contributed by atoms with Gasteiger partial charge in [0.25, 0.3) is 0 Å². The summed E-state index contributed by atoms with van der Waals surface area (Å²) in [6.45, 7) is 2.56. The van der Waals surface area contributed by atoms with E-state index in [0.29, 0.717) is 13.0 Å². The van der Waals surface area contributed by atoms with E-state index in [1.54, 1.807) is 0 Å². The summed E-state index contributed by atoms with van der Waals surface area (Å²) < 4.78 is 1.84. The van der Waals surface area contributed by atoms with Crippen molar-refractivity contribution in [3.8, 4) is 0 Å². The number of amides is 1. The van der Waals surface area contributed by atoms with Crippen LogP contribution in [0.3, 0.4) is 0 Å². The van der Waals surface area contributed by atoms with Crippen LogP contribution in [0.25, 0.3) is 10.8 Å². The summed E-state index contributed by atoms with van der Waals surface area (Å²) in [5.41, 5.74) is 3.05. The molecule has 0 bridgehead atoms. The molecular formula is C23H21N3O. The molecule has 4 heteroatoms. The number of aryl methyl sites for hydroxylation is 1. The first-order valence-electron chi connectivity index (χ1n) is 9.04. The van der Waals surface area contributed by atoms with Gasteiger partial charge in [-0.05, 0) is 28.8 Å². The van der Waals surface area contributed by atoms with Crippen LogP contribution < -0.4 is 5.32 Å². The minimum absolute atomic E-state index is 0.0411. The molecule has 0 atom stereocenters. The Labute approximate surface area is 158 Å². The third-order valence-corrected chi connectivity index (χ3v) is 4.58. The van der Waals surface area contributed by atoms with Gasteiger partial charge in [0, 0.05) is 6.07 Å². The fourth-order valence-corrected chi connectivity index (χ4v) is 3.33. The lowest BCUT2D eigenvalue weighted by Crippen LogP contribution is -2.18. The van der Waals surface area contributed by atoms with Gasteiger partial charge in [-0.3, -0.25) is 4.79 Å². The Bertz CT molecular complexity index is 1080. The molecule has 0 saturated carbocycles. The topological polar surface area (TPSA) is 46.9 Å². The van der Waals surface area contributed by atoms with Gasteiger partial charge in [0.1, 0.15) is 5.82 Å². The van der Waals surface area contributed by atoms with E-state index in [4.69, 9.17) is 0 Å². The lowest BCUT2D eigenvalue weighted by Gasteiger charge is -2.10. The molecule has 0 fully saturated rings. The molecule has 27 heavy (non-hydrogen) atoms. The summed E-state index contributed by atoms with van der Waals surface area (Å²) in [4.78, 5) is 12.7. The van der Waals surface area contributed by atoms with Crippen LogP contribution in [0.4, 0.5) is 5.82 Å². The van der Waals surface area contributed by atoms with Crippen molar-refractivity contribution in [1.82, 2.24) is 9.78 Å². The van der Waals surface area contributed by atoms with Gasteiger partial charge in [-0.15, -0.1) is 0 Å². The van der Waals surface area contributed by atoms with Crippen LogP contribution in [0.1, 0.15) is 16.8 Å². The highest BCUT2D eigenvalue weighted by Gasteiger charge is 2.12. The van der Waals surface area contributed by atoms with Crippen molar-refractivity contribution < 1.29 is 4.79 Å². The van der Waals surface area contributed by atoms with Gasteiger partial charge < -0.3 is 5.32 Å². The molecule has 0 radical (unpaired) electrons. The van der Waals surface area contributed by atoms with E-state index in [9.17, 15) is 4.79 Å². The minimum atomic E-state index is -0.0411. The van der Waals surface area contributed by atoms with Gasteiger partial charge in [0.2, 0.25) is 5.91 Å². The maximum atomic E-state index is 12.7. The molecule has 0 aliphatic rings. The Balaban J connectivity index is 1.53. The molecule has 4 aromatic rings. The molecule has 4 rings (SSSR count). The Morgan fingerprint density at radius 3 is 2.56 bits per heavy atom. The predicted octanol–water partition coefficient (Wildman–Crippen LogP) is 4.57. The number of carbonyl (C=O) groups is 1. The zero-order valence-electron chi connectivity index (χ0n) is 15.2. The monoisotopic (exact) mass is 355 g/mol. The van der Waals surface area contributed by atoms with Crippen molar-refractivity contribution in [2.24, 2.45) is 0 Å². The molecule has 134 valence electrons. The third kappa shape index (κ3) is 3.90. The lowest BCUT2D eigenvalue weighted by molar-refractivity contribution is -0.115. The number of rotatable bonds is 5. The summed E-state index contributed by atoms with van der Waals surface area (Å²) in [6.07, 6.45) is 0.330. The number of hydrogen-bond acceptors (Lipinski definition) is 2. The standard InChI is InChI=1S/C23H21N3O/c1-17-14-22(26(25-17)16-18-8-3-2-4-9-18)24-23(27)15-20-12-7-11-19-10-5-6-13-21(19)20/h2-14H,15-16H2,1H3,(H,24,27). The first-order chi connectivity index (χ1) is 13.2. The number of fused-ring (bicyclic) bond motifs is 1. The average molecular weight is 355 g/mol. The minimum Gasteiger partial charge on any atom is -0.311 e. The maximum Gasteiger partial charge on any atom is 0.229 e. The molecule has 0 spiro atoms. The summed E-state index contributed by atoms with van der Waals surface area (Å²) in [7, 11) is 0. The molecule has 1 aromatic heterocycles. The number of aromatic nitrogens is 2. The molecule has 1 N–H and O–H groups in total. The highest BCUT2D eigenvalue weighted by molar-refractivity contribution is 5.95. The maximum absolute atomic E-state index is 12.7. The SMILES string of the molecule is Cc1cc(NC(=O)Cc2cccc3ccccc23)n(Cc2ccccc2)n1. The summed E-state index contributed by atoms with van der Waals surface area (Å²) in [5.74, 6) is 0.683. The van der Waals surface area contributed by atoms with Gasteiger partial charge in [-0.25, -0.2) is 4.68 Å². The van der Waals surface area contributed by atoms with E-state index < -0.39 is 0 Å². The molecule has 0 saturated heterocycles. The van der Waals surface area contributed by atoms with Crippen molar-refractivity contribution in [3.05, 3.63) is 95.7 Å². The van der Waals surface area contributed by atoms with Crippen molar-refractivity contribution >= 4 is 22.5 Å². The van der Waals surface area contributed by atoms with Crippen LogP contribution in [0, 0.1) is 6.92 Å². The number of nitrogens with one attached hydrogen (secondary N) is 1. The van der Waals surface area contributed by atoms with Crippen molar-refractivity contribution in [2.45, 2.75) is 19.9 Å². The number of benzene rings is 3. The van der Waals surface area contributed by atoms with Gasteiger partial charge >= 0.3 is 0 Å². The number of carbonyl (C=O) groups excluding carboxylic acids is 1. The summed E-state index contributed by atoms with van der Waals surface area (Å²) in [6, 6.07) is 26.2. The second-order valence-electron chi connectivity index (χ2n) is 6.68. The molecular weight excluding hydrogens is 334 g/mol. The molecule has 1 heterocycles. The van der Waals surface area contributed by atoms with E-state index in [1.165, 1.54) is 0 Å². The van der Waals surface area contributed by atoms with Crippen LogP contribution in [-0.4, -0.2) is 15.7 Å². The Morgan fingerprint density at radius 2 is 1.70 bits per heavy atom. The van der Waals surface area contributed by atoms with Crippen molar-refractivity contribution in [3.63, 3.8) is 0 Å². The highest BCUT2D eigenvalue weighted by atomic mass is 16.1. The van der Waals surface area contributed by atoms with E-state index in [1.807, 2.05) is 60.1 Å². The number of anilines is 1. The van der Waals surface area contributed by atoms with Crippen molar-refractivity contribution in [2.75, 3.05) is 5.32 Å². The molecule has 0 aliphatic carbocycles. The Hall–Kier alpha value is -3.40. The molecule has 0 unspecified atom stereocenters. The van der Waals surface area contributed by atoms with Crippen LogP contribution in [0.15, 0.2) is 78.9 Å². The second-order valence-corrected chi connectivity index (χ2v) is 6.68. The third-order valence-electron chi connectivity index (χ3n) is 4.58. The highest BCUT2D eigenvalue weighted by Crippen LogP contribution is 2.20. The van der Waals surface area contributed by atoms with E-state index in [0.717, 1.165) is 33.4 Å². The largest absolute Gasteiger partial charge is 0.311 e. The van der Waals surface area contributed by atoms with Crippen molar-refractivity contribution in [1.29, 1.82) is 0 Å². The second kappa shape index (κ2) is 7.46. The van der Waals surface area contributed by atoms with Crippen LogP contribution >= 0.6 is 0 Å². The number of hydrogen-bond donors (Lipinski definition) is 1. The first kappa shape index (κ1) is 17.0. The van der Waals surface area contributed by atoms with Crippen LogP contribution in [-0.2, 0) is 17.8 Å². The Morgan fingerprint density at radius 1 is 0.963 bits per heavy atom. The van der Waals surface area contributed by atoms with E-state index in [-0.39, 0.29) is 5.91 Å². The summed E-state index contributed by atoms with van der Waals surface area (Å²) >= 11 is 0. The lowest BCUT2D eigenvalue weighted by atomic mass is 10.0. The number of nitrogens with zero attached hydrogens (tertiary/aromatic N) is 2. The van der Waals surface area contributed by atoms with E-state index in [2.05, 4.69) is 40.7 Å². The van der Waals surface area contributed by atoms with Gasteiger partial charge in [-0.1, -0.05) is 72.8 Å². The van der Waals surface area contributed by atoms with Gasteiger partial charge in [0.15, 0.2) is 0 Å². The fourth-order valence-electron chi connectivity index (χ4n) is 3.33. The van der Waals surface area contributed by atoms with Crippen LogP contribution in [0.2, 0.25) is 0 Å². The van der Waals surface area contributed by atoms with Gasteiger partial charge in [0.05, 0.1) is 18.7 Å². The molecule has 0 aliphatic heterocycles. The quantitative estimate of drug-likeness (QED) is 0.570. The Kier molecular flexibility index (Phi) is 4.71. The fraction of sp³-hybridized carbons (Fsp3) is 0.130. The summed E-state index contributed by atoms with van der Waals surface area (Å²) in [5, 5.41) is 9.81. The zero-order chi connectivity index (χ0) is 18.6. The van der Waals surface area contributed by atoms with E-state index >= 15 is 0 Å². The zero-order valence-corrected chi connectivity index (χ0v) is 15.2. The first-order valence-corrected chi connectivity index (χ1v) is 9.04. The molecule has 4 nitrogen and oxygen atoms in total. The molecule has 3 aromatic carbocycles.